The summed E-state index contributed by atoms with van der Waals surface area (Å²) >= 11 is 0. The Hall–Kier alpha value is -0.610. The van der Waals surface area contributed by atoms with Crippen molar-refractivity contribution in [2.45, 2.75) is 52.0 Å². The number of rotatable bonds is 8. The Morgan fingerprint density at radius 3 is 2.89 bits per heavy atom. The van der Waals surface area contributed by atoms with Gasteiger partial charge in [-0.3, -0.25) is 4.79 Å². The minimum Gasteiger partial charge on any atom is -0.383 e. The molecule has 0 saturated carbocycles. The van der Waals surface area contributed by atoms with Crippen molar-refractivity contribution in [3.63, 3.8) is 0 Å². The van der Waals surface area contributed by atoms with Crippen LogP contribution < -0.4 is 5.32 Å². The fourth-order valence-corrected chi connectivity index (χ4v) is 2.63. The van der Waals surface area contributed by atoms with E-state index >= 15 is 0 Å². The number of carbonyl (C=O) groups is 1. The quantitative estimate of drug-likeness (QED) is 0.686. The van der Waals surface area contributed by atoms with Crippen LogP contribution in [0.15, 0.2) is 0 Å². The molecule has 0 aliphatic carbocycles. The Bertz CT molecular complexity index is 257. The van der Waals surface area contributed by atoms with E-state index in [0.717, 1.165) is 31.8 Å². The third-order valence-corrected chi connectivity index (χ3v) is 3.78. The van der Waals surface area contributed by atoms with Gasteiger partial charge in [-0.2, -0.15) is 0 Å². The second-order valence-corrected chi connectivity index (χ2v) is 5.88. The van der Waals surface area contributed by atoms with E-state index in [1.807, 2.05) is 0 Å². The lowest BCUT2D eigenvalue weighted by atomic mass is 9.94. The normalized spacial score (nSPS) is 20.0. The summed E-state index contributed by atoms with van der Waals surface area (Å²) in [6.45, 7) is 7.29. The molecule has 1 amide bonds. The monoisotopic (exact) mass is 270 g/mol. The predicted molar refractivity (Wildman–Crippen MR) is 78.2 cm³/mol. The second kappa shape index (κ2) is 9.32. The van der Waals surface area contributed by atoms with Crippen molar-refractivity contribution in [2.24, 2.45) is 5.92 Å². The molecular weight excluding hydrogens is 240 g/mol. The first-order valence-corrected chi connectivity index (χ1v) is 7.64. The zero-order valence-corrected chi connectivity index (χ0v) is 12.8. The first-order valence-electron chi connectivity index (χ1n) is 7.64. The molecule has 0 aromatic carbocycles. The van der Waals surface area contributed by atoms with Crippen molar-refractivity contribution in [1.82, 2.24) is 10.2 Å². The lowest BCUT2D eigenvalue weighted by molar-refractivity contribution is -0.134. The number of hydrogen-bond donors (Lipinski definition) is 1. The molecule has 1 unspecified atom stereocenters. The number of hydrogen-bond acceptors (Lipinski definition) is 3. The molecule has 0 aromatic heterocycles. The SMILES string of the molecule is COCCNCC(=O)N1CCCCC1CCC(C)C. The van der Waals surface area contributed by atoms with Gasteiger partial charge in [0.25, 0.3) is 0 Å². The van der Waals surface area contributed by atoms with Gasteiger partial charge in [0.2, 0.25) is 5.91 Å². The van der Waals surface area contributed by atoms with E-state index in [1.54, 1.807) is 7.11 Å². The molecule has 112 valence electrons. The molecule has 0 bridgehead atoms. The van der Waals surface area contributed by atoms with Crippen molar-refractivity contribution in [2.75, 3.05) is 33.4 Å². The fraction of sp³-hybridized carbons (Fsp3) is 0.933. The van der Waals surface area contributed by atoms with Crippen molar-refractivity contribution in [3.05, 3.63) is 0 Å². The van der Waals surface area contributed by atoms with Crippen LogP contribution in [0.1, 0.15) is 46.0 Å². The van der Waals surface area contributed by atoms with Gasteiger partial charge in [0, 0.05) is 26.2 Å². The van der Waals surface area contributed by atoms with Gasteiger partial charge < -0.3 is 15.0 Å². The number of piperidine rings is 1. The lowest BCUT2D eigenvalue weighted by Crippen LogP contribution is -2.47. The second-order valence-electron chi connectivity index (χ2n) is 5.88. The summed E-state index contributed by atoms with van der Waals surface area (Å²) < 4.78 is 4.97. The molecule has 1 aliphatic heterocycles. The van der Waals surface area contributed by atoms with Crippen LogP contribution in [0.4, 0.5) is 0 Å². The minimum absolute atomic E-state index is 0.254. The zero-order valence-electron chi connectivity index (χ0n) is 12.8. The van der Waals surface area contributed by atoms with Crippen molar-refractivity contribution in [1.29, 1.82) is 0 Å². The number of ether oxygens (including phenoxy) is 1. The summed E-state index contributed by atoms with van der Waals surface area (Å²) in [5.41, 5.74) is 0. The topological polar surface area (TPSA) is 41.6 Å². The molecule has 1 fully saturated rings. The molecule has 1 N–H and O–H groups in total. The highest BCUT2D eigenvalue weighted by Gasteiger charge is 2.25. The van der Waals surface area contributed by atoms with E-state index in [0.29, 0.717) is 19.2 Å². The van der Waals surface area contributed by atoms with E-state index < -0.39 is 0 Å². The van der Waals surface area contributed by atoms with Gasteiger partial charge in [-0.1, -0.05) is 13.8 Å². The standard InChI is InChI=1S/C15H30N2O2/c1-13(2)7-8-14-6-4-5-10-17(14)15(18)12-16-9-11-19-3/h13-14,16H,4-12H2,1-3H3. The molecule has 4 heteroatoms. The lowest BCUT2D eigenvalue weighted by Gasteiger charge is -2.36. The Kier molecular flexibility index (Phi) is 8.07. The summed E-state index contributed by atoms with van der Waals surface area (Å²) in [5, 5.41) is 3.15. The number of amides is 1. The van der Waals surface area contributed by atoms with Crippen molar-refractivity contribution < 1.29 is 9.53 Å². The summed E-state index contributed by atoms with van der Waals surface area (Å²) in [7, 11) is 1.68. The Morgan fingerprint density at radius 2 is 2.21 bits per heavy atom. The zero-order chi connectivity index (χ0) is 14.1. The molecule has 1 saturated heterocycles. The van der Waals surface area contributed by atoms with Gasteiger partial charge in [-0.25, -0.2) is 0 Å². The molecule has 0 radical (unpaired) electrons. The van der Waals surface area contributed by atoms with E-state index in [-0.39, 0.29) is 5.91 Å². The van der Waals surface area contributed by atoms with Crippen LogP contribution in [0, 0.1) is 5.92 Å². The Morgan fingerprint density at radius 1 is 1.42 bits per heavy atom. The maximum Gasteiger partial charge on any atom is 0.236 e. The van der Waals surface area contributed by atoms with Crippen molar-refractivity contribution in [3.8, 4) is 0 Å². The van der Waals surface area contributed by atoms with Gasteiger partial charge in [0.05, 0.1) is 13.2 Å². The fourth-order valence-electron chi connectivity index (χ4n) is 2.63. The van der Waals surface area contributed by atoms with Crippen LogP contribution in [0.5, 0.6) is 0 Å². The van der Waals surface area contributed by atoms with E-state index in [1.165, 1.54) is 19.3 Å². The van der Waals surface area contributed by atoms with Gasteiger partial charge >= 0.3 is 0 Å². The molecule has 0 aromatic rings. The highest BCUT2D eigenvalue weighted by atomic mass is 16.5. The van der Waals surface area contributed by atoms with Crippen LogP contribution >= 0.6 is 0 Å². The van der Waals surface area contributed by atoms with Crippen LogP contribution in [-0.4, -0.2) is 50.2 Å². The van der Waals surface area contributed by atoms with E-state index in [9.17, 15) is 4.79 Å². The predicted octanol–water partition coefficient (Wildman–Crippen LogP) is 2.04. The molecule has 19 heavy (non-hydrogen) atoms. The average Bonchev–Trinajstić information content (AvgIpc) is 2.41. The van der Waals surface area contributed by atoms with Crippen LogP contribution in [0.2, 0.25) is 0 Å². The highest BCUT2D eigenvalue weighted by Crippen LogP contribution is 2.22. The molecule has 0 spiro atoms. The summed E-state index contributed by atoms with van der Waals surface area (Å²) in [6.07, 6.45) is 5.97. The van der Waals surface area contributed by atoms with Crippen LogP contribution in [0.25, 0.3) is 0 Å². The maximum absolute atomic E-state index is 12.2. The summed E-state index contributed by atoms with van der Waals surface area (Å²) in [6, 6.07) is 0.466. The maximum atomic E-state index is 12.2. The molecule has 1 aliphatic rings. The van der Waals surface area contributed by atoms with Gasteiger partial charge in [0.15, 0.2) is 0 Å². The first kappa shape index (κ1) is 16.4. The smallest absolute Gasteiger partial charge is 0.236 e. The number of nitrogens with one attached hydrogen (secondary N) is 1. The third-order valence-electron chi connectivity index (χ3n) is 3.78. The molecular formula is C15H30N2O2. The molecule has 1 atom stereocenters. The number of carbonyl (C=O) groups excluding carboxylic acids is 1. The molecule has 1 heterocycles. The van der Waals surface area contributed by atoms with Crippen molar-refractivity contribution >= 4 is 5.91 Å². The number of methoxy groups -OCH3 is 1. The summed E-state index contributed by atoms with van der Waals surface area (Å²) in [4.78, 5) is 14.3. The van der Waals surface area contributed by atoms with Gasteiger partial charge in [-0.05, 0) is 38.0 Å². The van der Waals surface area contributed by atoms with Gasteiger partial charge in [0.1, 0.15) is 0 Å². The molecule has 1 rings (SSSR count). The largest absolute Gasteiger partial charge is 0.383 e. The highest BCUT2D eigenvalue weighted by molar-refractivity contribution is 5.78. The summed E-state index contributed by atoms with van der Waals surface area (Å²) in [5.74, 6) is 0.975. The van der Waals surface area contributed by atoms with Crippen LogP contribution in [-0.2, 0) is 9.53 Å². The van der Waals surface area contributed by atoms with Crippen LogP contribution in [0.3, 0.4) is 0 Å². The third kappa shape index (κ3) is 6.39. The molecule has 4 nitrogen and oxygen atoms in total. The van der Waals surface area contributed by atoms with Gasteiger partial charge in [-0.15, -0.1) is 0 Å². The van der Waals surface area contributed by atoms with E-state index in [4.69, 9.17) is 4.74 Å². The Labute approximate surface area is 117 Å². The number of nitrogens with zero attached hydrogens (tertiary/aromatic N) is 1. The van der Waals surface area contributed by atoms with E-state index in [2.05, 4.69) is 24.1 Å². The first-order chi connectivity index (χ1) is 9.15. The minimum atomic E-state index is 0.254. The Balaban J connectivity index is 2.35. The average molecular weight is 270 g/mol. The number of likely N-dealkylation sites (tertiary alicyclic amines) is 1.